The summed E-state index contributed by atoms with van der Waals surface area (Å²) < 4.78 is 0. The molecule has 16 heavy (non-hydrogen) atoms. The largest absolute Gasteiger partial charge is 0.355 e. The highest BCUT2D eigenvalue weighted by Gasteiger charge is 2.42. The molecule has 2 unspecified atom stereocenters. The van der Waals surface area contributed by atoms with Gasteiger partial charge in [0.25, 0.3) is 0 Å². The highest BCUT2D eigenvalue weighted by Crippen LogP contribution is 2.49. The molecule has 0 aliphatic heterocycles. The summed E-state index contributed by atoms with van der Waals surface area (Å²) in [6, 6.07) is 0.251. The Kier molecular flexibility index (Phi) is 3.53. The molecule has 2 rings (SSSR count). The molecule has 2 atom stereocenters. The third-order valence-corrected chi connectivity index (χ3v) is 4.22. The van der Waals surface area contributed by atoms with Crippen molar-refractivity contribution in [1.29, 1.82) is 0 Å². The van der Waals surface area contributed by atoms with Crippen molar-refractivity contribution in [3.05, 3.63) is 0 Å². The summed E-state index contributed by atoms with van der Waals surface area (Å²) in [5.74, 6) is 0.433. The Morgan fingerprint density at radius 2 is 2.19 bits per heavy atom. The van der Waals surface area contributed by atoms with Crippen molar-refractivity contribution in [2.24, 2.45) is 17.1 Å². The van der Waals surface area contributed by atoms with Crippen LogP contribution in [0.5, 0.6) is 0 Å². The van der Waals surface area contributed by atoms with Crippen LogP contribution in [-0.2, 0) is 4.79 Å². The van der Waals surface area contributed by atoms with Crippen LogP contribution in [0.15, 0.2) is 0 Å². The van der Waals surface area contributed by atoms with Crippen LogP contribution in [0.2, 0.25) is 0 Å². The van der Waals surface area contributed by atoms with E-state index in [0.717, 1.165) is 25.8 Å². The van der Waals surface area contributed by atoms with Crippen LogP contribution in [-0.4, -0.2) is 18.5 Å². The van der Waals surface area contributed by atoms with E-state index in [-0.39, 0.29) is 17.9 Å². The first-order valence-electron chi connectivity index (χ1n) is 6.68. The van der Waals surface area contributed by atoms with E-state index >= 15 is 0 Å². The Morgan fingerprint density at radius 3 is 2.69 bits per heavy atom. The van der Waals surface area contributed by atoms with Gasteiger partial charge < -0.3 is 11.1 Å². The van der Waals surface area contributed by atoms with Gasteiger partial charge in [0.2, 0.25) is 5.91 Å². The molecular formula is C13H24N2O. The number of carbonyl (C=O) groups excluding carboxylic acids is 1. The second-order valence-electron chi connectivity index (χ2n) is 5.74. The fraction of sp³-hybridized carbons (Fsp3) is 0.923. The molecule has 0 saturated heterocycles. The van der Waals surface area contributed by atoms with Crippen LogP contribution in [0.25, 0.3) is 0 Å². The summed E-state index contributed by atoms with van der Waals surface area (Å²) in [6.45, 7) is 3.11. The van der Waals surface area contributed by atoms with E-state index in [1.165, 1.54) is 25.7 Å². The Balaban J connectivity index is 1.72. The molecule has 3 heteroatoms. The van der Waals surface area contributed by atoms with Crippen molar-refractivity contribution in [2.75, 3.05) is 6.54 Å². The summed E-state index contributed by atoms with van der Waals surface area (Å²) in [7, 11) is 0. The Morgan fingerprint density at radius 1 is 1.44 bits per heavy atom. The minimum absolute atomic E-state index is 0.187. The zero-order valence-corrected chi connectivity index (χ0v) is 10.3. The smallest absolute Gasteiger partial charge is 0.223 e. The van der Waals surface area contributed by atoms with Crippen LogP contribution in [0.3, 0.4) is 0 Å². The van der Waals surface area contributed by atoms with Crippen LogP contribution in [0.4, 0.5) is 0 Å². The molecular weight excluding hydrogens is 200 g/mol. The van der Waals surface area contributed by atoms with Crippen molar-refractivity contribution in [3.63, 3.8) is 0 Å². The van der Waals surface area contributed by atoms with Crippen molar-refractivity contribution >= 4 is 5.91 Å². The fourth-order valence-electron chi connectivity index (χ4n) is 2.90. The first-order chi connectivity index (χ1) is 7.65. The standard InChI is InChI=1S/C13H24N2O/c1-2-5-13(6-7-13)9-15-12(16)10-3-4-11(14)8-10/h10-11H,2-9,14H2,1H3,(H,15,16). The third-order valence-electron chi connectivity index (χ3n) is 4.22. The van der Waals surface area contributed by atoms with Gasteiger partial charge in [-0.1, -0.05) is 13.3 Å². The van der Waals surface area contributed by atoms with Crippen LogP contribution in [0.1, 0.15) is 51.9 Å². The van der Waals surface area contributed by atoms with E-state index in [9.17, 15) is 4.79 Å². The topological polar surface area (TPSA) is 55.1 Å². The molecule has 3 N–H and O–H groups in total. The van der Waals surface area contributed by atoms with Gasteiger partial charge in [-0.3, -0.25) is 4.79 Å². The number of rotatable bonds is 5. The lowest BCUT2D eigenvalue weighted by Gasteiger charge is -2.17. The Labute approximate surface area is 98.2 Å². The summed E-state index contributed by atoms with van der Waals surface area (Å²) in [5.41, 5.74) is 6.29. The summed E-state index contributed by atoms with van der Waals surface area (Å²) in [5, 5.41) is 3.14. The predicted octanol–water partition coefficient (Wildman–Crippen LogP) is 1.81. The molecule has 2 saturated carbocycles. The van der Waals surface area contributed by atoms with Gasteiger partial charge in [0, 0.05) is 18.5 Å². The molecule has 0 heterocycles. The molecule has 0 aromatic carbocycles. The SMILES string of the molecule is CCCC1(CNC(=O)C2CCC(N)C2)CC1. The van der Waals surface area contributed by atoms with Crippen molar-refractivity contribution < 1.29 is 4.79 Å². The molecule has 0 aromatic heterocycles. The van der Waals surface area contributed by atoms with Crippen molar-refractivity contribution in [3.8, 4) is 0 Å². The van der Waals surface area contributed by atoms with Gasteiger partial charge in [-0.05, 0) is 43.9 Å². The quantitative estimate of drug-likeness (QED) is 0.748. The molecule has 3 nitrogen and oxygen atoms in total. The molecule has 0 aromatic rings. The van der Waals surface area contributed by atoms with E-state index in [4.69, 9.17) is 5.73 Å². The van der Waals surface area contributed by atoms with Gasteiger partial charge in [-0.2, -0.15) is 0 Å². The van der Waals surface area contributed by atoms with E-state index < -0.39 is 0 Å². The molecule has 1 amide bonds. The van der Waals surface area contributed by atoms with E-state index in [1.54, 1.807) is 0 Å². The van der Waals surface area contributed by atoms with Crippen molar-refractivity contribution in [2.45, 2.75) is 57.9 Å². The fourth-order valence-corrected chi connectivity index (χ4v) is 2.90. The summed E-state index contributed by atoms with van der Waals surface area (Å²) in [4.78, 5) is 11.9. The number of nitrogens with one attached hydrogen (secondary N) is 1. The van der Waals surface area contributed by atoms with E-state index in [0.29, 0.717) is 5.41 Å². The van der Waals surface area contributed by atoms with Gasteiger partial charge in [0.05, 0.1) is 0 Å². The zero-order chi connectivity index (χ0) is 11.6. The molecule has 2 aliphatic carbocycles. The molecule has 92 valence electrons. The van der Waals surface area contributed by atoms with Crippen LogP contribution >= 0.6 is 0 Å². The molecule has 0 spiro atoms. The van der Waals surface area contributed by atoms with Gasteiger partial charge in [0.1, 0.15) is 0 Å². The number of amides is 1. The van der Waals surface area contributed by atoms with E-state index in [2.05, 4.69) is 12.2 Å². The Hall–Kier alpha value is -0.570. The van der Waals surface area contributed by atoms with Crippen LogP contribution < -0.4 is 11.1 Å². The van der Waals surface area contributed by atoms with Crippen molar-refractivity contribution in [1.82, 2.24) is 5.32 Å². The second-order valence-corrected chi connectivity index (χ2v) is 5.74. The average molecular weight is 224 g/mol. The first-order valence-corrected chi connectivity index (χ1v) is 6.68. The number of hydrogen-bond acceptors (Lipinski definition) is 2. The van der Waals surface area contributed by atoms with E-state index in [1.807, 2.05) is 0 Å². The minimum atomic E-state index is 0.187. The average Bonchev–Trinajstić information content (AvgIpc) is 2.89. The highest BCUT2D eigenvalue weighted by molar-refractivity contribution is 5.79. The van der Waals surface area contributed by atoms with Gasteiger partial charge in [-0.25, -0.2) is 0 Å². The normalized spacial score (nSPS) is 31.4. The van der Waals surface area contributed by atoms with Gasteiger partial charge >= 0.3 is 0 Å². The number of carbonyl (C=O) groups is 1. The molecule has 0 radical (unpaired) electrons. The zero-order valence-electron chi connectivity index (χ0n) is 10.3. The summed E-state index contributed by atoms with van der Waals surface area (Å²) >= 11 is 0. The Bertz CT molecular complexity index is 261. The predicted molar refractivity (Wildman–Crippen MR) is 64.9 cm³/mol. The number of hydrogen-bond donors (Lipinski definition) is 2. The third kappa shape index (κ3) is 2.76. The molecule has 2 fully saturated rings. The summed E-state index contributed by atoms with van der Waals surface area (Å²) in [6.07, 6.45) is 7.96. The molecule has 2 aliphatic rings. The second kappa shape index (κ2) is 4.74. The lowest BCUT2D eigenvalue weighted by molar-refractivity contribution is -0.125. The van der Waals surface area contributed by atoms with Crippen LogP contribution in [0, 0.1) is 11.3 Å². The van der Waals surface area contributed by atoms with Gasteiger partial charge in [-0.15, -0.1) is 0 Å². The first kappa shape index (κ1) is 11.9. The minimum Gasteiger partial charge on any atom is -0.355 e. The highest BCUT2D eigenvalue weighted by atomic mass is 16.1. The molecule has 0 bridgehead atoms. The maximum absolute atomic E-state index is 11.9. The lowest BCUT2D eigenvalue weighted by Crippen LogP contribution is -2.34. The van der Waals surface area contributed by atoms with Gasteiger partial charge in [0.15, 0.2) is 0 Å². The lowest BCUT2D eigenvalue weighted by atomic mass is 10.00. The monoisotopic (exact) mass is 224 g/mol. The maximum Gasteiger partial charge on any atom is 0.223 e. The maximum atomic E-state index is 11.9. The number of nitrogens with two attached hydrogens (primary N) is 1.